The molecule has 158 valence electrons. The second-order valence-corrected chi connectivity index (χ2v) is 6.55. The normalized spacial score (nSPS) is 11.2. The summed E-state index contributed by atoms with van der Waals surface area (Å²) >= 11 is 0. The van der Waals surface area contributed by atoms with Crippen molar-refractivity contribution >= 4 is 5.96 Å². The maximum atomic E-state index is 5.89. The molecular formula is C22H32N4O3. The Morgan fingerprint density at radius 3 is 2.55 bits per heavy atom. The van der Waals surface area contributed by atoms with Gasteiger partial charge < -0.3 is 24.8 Å². The van der Waals surface area contributed by atoms with Crippen LogP contribution >= 0.6 is 0 Å². The Bertz CT molecular complexity index is 780. The molecule has 0 fully saturated rings. The number of nitrogens with one attached hydrogen (secondary N) is 2. The van der Waals surface area contributed by atoms with E-state index in [0.29, 0.717) is 44.7 Å². The van der Waals surface area contributed by atoms with E-state index in [9.17, 15) is 0 Å². The van der Waals surface area contributed by atoms with Gasteiger partial charge in [0.2, 0.25) is 5.88 Å². The number of hydrogen-bond acceptors (Lipinski definition) is 5. The van der Waals surface area contributed by atoms with E-state index in [1.807, 2.05) is 12.1 Å². The molecule has 1 heterocycles. The third kappa shape index (κ3) is 7.62. The number of benzene rings is 1. The van der Waals surface area contributed by atoms with Crippen LogP contribution in [0.25, 0.3) is 0 Å². The number of nitrogens with zero attached hydrogens (tertiary/aromatic N) is 2. The fourth-order valence-corrected chi connectivity index (χ4v) is 2.64. The number of aliphatic imine (C=N–C) groups is 1. The lowest BCUT2D eigenvalue weighted by Crippen LogP contribution is -2.36. The minimum Gasteiger partial charge on any atom is -0.493 e. The van der Waals surface area contributed by atoms with Crippen LogP contribution in [0.2, 0.25) is 0 Å². The largest absolute Gasteiger partial charge is 0.493 e. The van der Waals surface area contributed by atoms with Crippen molar-refractivity contribution in [2.24, 2.45) is 4.99 Å². The standard InChI is InChI=1S/C22H32N4O3/c1-5-11-28-20-14-17(2)8-9-18(20)15-25-22(23-3)26-16-19-7-6-10-24-21(19)29-13-12-27-4/h6-10,14H,5,11-13,15-16H2,1-4H3,(H2,23,25,26). The molecule has 2 N–H and O–H groups in total. The first-order valence-electron chi connectivity index (χ1n) is 9.90. The van der Waals surface area contributed by atoms with Crippen molar-refractivity contribution in [3.63, 3.8) is 0 Å². The number of aryl methyl sites for hydroxylation is 1. The lowest BCUT2D eigenvalue weighted by Gasteiger charge is -2.16. The van der Waals surface area contributed by atoms with Gasteiger partial charge in [0.25, 0.3) is 0 Å². The van der Waals surface area contributed by atoms with E-state index in [1.54, 1.807) is 20.4 Å². The molecule has 29 heavy (non-hydrogen) atoms. The van der Waals surface area contributed by atoms with Crippen molar-refractivity contribution in [1.29, 1.82) is 0 Å². The molecule has 0 saturated carbocycles. The van der Waals surface area contributed by atoms with Crippen molar-refractivity contribution in [3.8, 4) is 11.6 Å². The van der Waals surface area contributed by atoms with Crippen molar-refractivity contribution in [3.05, 3.63) is 53.2 Å². The average Bonchev–Trinajstić information content (AvgIpc) is 2.74. The summed E-state index contributed by atoms with van der Waals surface area (Å²) in [6, 6.07) is 10.1. The Balaban J connectivity index is 1.94. The topological polar surface area (TPSA) is 77.0 Å². The summed E-state index contributed by atoms with van der Waals surface area (Å²) in [7, 11) is 3.39. The summed E-state index contributed by atoms with van der Waals surface area (Å²) in [5, 5.41) is 6.65. The minimum atomic E-state index is 0.460. The zero-order valence-corrected chi connectivity index (χ0v) is 17.8. The average molecular weight is 401 g/mol. The summed E-state index contributed by atoms with van der Waals surface area (Å²) in [6.07, 6.45) is 2.69. The highest BCUT2D eigenvalue weighted by Crippen LogP contribution is 2.20. The van der Waals surface area contributed by atoms with Gasteiger partial charge in [-0.2, -0.15) is 0 Å². The summed E-state index contributed by atoms with van der Waals surface area (Å²) in [5.74, 6) is 2.20. The van der Waals surface area contributed by atoms with Crippen LogP contribution in [-0.4, -0.2) is 44.9 Å². The Morgan fingerprint density at radius 1 is 1.03 bits per heavy atom. The third-order valence-corrected chi connectivity index (χ3v) is 4.18. The van der Waals surface area contributed by atoms with Crippen molar-refractivity contribution in [2.45, 2.75) is 33.4 Å². The predicted molar refractivity (Wildman–Crippen MR) is 116 cm³/mol. The van der Waals surface area contributed by atoms with Gasteiger partial charge in [0, 0.05) is 44.6 Å². The van der Waals surface area contributed by atoms with Crippen LogP contribution in [0.5, 0.6) is 11.6 Å². The molecule has 2 aromatic rings. The zero-order chi connectivity index (χ0) is 20.9. The molecular weight excluding hydrogens is 368 g/mol. The van der Waals surface area contributed by atoms with Gasteiger partial charge in [0.1, 0.15) is 12.4 Å². The molecule has 0 aliphatic rings. The molecule has 0 aliphatic heterocycles. The van der Waals surface area contributed by atoms with E-state index < -0.39 is 0 Å². The number of pyridine rings is 1. The van der Waals surface area contributed by atoms with Gasteiger partial charge in [-0.1, -0.05) is 25.1 Å². The molecule has 0 bridgehead atoms. The van der Waals surface area contributed by atoms with Crippen molar-refractivity contribution in [2.75, 3.05) is 34.0 Å². The van der Waals surface area contributed by atoms with Crippen LogP contribution in [0.4, 0.5) is 0 Å². The number of ether oxygens (including phenoxy) is 3. The third-order valence-electron chi connectivity index (χ3n) is 4.18. The predicted octanol–water partition coefficient (Wildman–Crippen LogP) is 3.07. The van der Waals surface area contributed by atoms with Crippen LogP contribution in [-0.2, 0) is 17.8 Å². The first kappa shape index (κ1) is 22.5. The van der Waals surface area contributed by atoms with Crippen molar-refractivity contribution < 1.29 is 14.2 Å². The SMILES string of the molecule is CCCOc1cc(C)ccc1CNC(=NC)NCc1cccnc1OCCOC. The molecule has 7 nitrogen and oxygen atoms in total. The fourth-order valence-electron chi connectivity index (χ4n) is 2.64. The van der Waals surface area contributed by atoms with E-state index in [1.165, 1.54) is 5.56 Å². The van der Waals surface area contributed by atoms with Gasteiger partial charge in [-0.3, -0.25) is 4.99 Å². The maximum absolute atomic E-state index is 5.89. The second-order valence-electron chi connectivity index (χ2n) is 6.55. The van der Waals surface area contributed by atoms with Gasteiger partial charge in [-0.05, 0) is 31.0 Å². The first-order chi connectivity index (χ1) is 14.2. The van der Waals surface area contributed by atoms with Gasteiger partial charge in [0.15, 0.2) is 5.96 Å². The summed E-state index contributed by atoms with van der Waals surface area (Å²) in [5.41, 5.74) is 3.23. The van der Waals surface area contributed by atoms with E-state index in [2.05, 4.69) is 52.7 Å². The van der Waals surface area contributed by atoms with E-state index in [-0.39, 0.29) is 0 Å². The number of rotatable bonds is 11. The van der Waals surface area contributed by atoms with Gasteiger partial charge in [-0.25, -0.2) is 4.98 Å². The maximum Gasteiger partial charge on any atom is 0.218 e. The zero-order valence-electron chi connectivity index (χ0n) is 17.8. The van der Waals surface area contributed by atoms with Crippen molar-refractivity contribution in [1.82, 2.24) is 15.6 Å². The summed E-state index contributed by atoms with van der Waals surface area (Å²) < 4.78 is 16.6. The highest BCUT2D eigenvalue weighted by molar-refractivity contribution is 5.79. The number of guanidine groups is 1. The Labute approximate surface area is 173 Å². The molecule has 0 atom stereocenters. The van der Waals surface area contributed by atoms with Crippen LogP contribution in [0.3, 0.4) is 0 Å². The molecule has 1 aromatic carbocycles. The number of methoxy groups -OCH3 is 1. The molecule has 0 spiro atoms. The van der Waals surface area contributed by atoms with Crippen LogP contribution in [0.1, 0.15) is 30.0 Å². The molecule has 0 saturated heterocycles. The summed E-state index contributed by atoms with van der Waals surface area (Å²) in [6.45, 7) is 7.01. The lowest BCUT2D eigenvalue weighted by molar-refractivity contribution is 0.143. The highest BCUT2D eigenvalue weighted by atomic mass is 16.5. The lowest BCUT2D eigenvalue weighted by atomic mass is 10.1. The van der Waals surface area contributed by atoms with Gasteiger partial charge in [0.05, 0.1) is 13.2 Å². The van der Waals surface area contributed by atoms with E-state index in [0.717, 1.165) is 23.3 Å². The van der Waals surface area contributed by atoms with Crippen LogP contribution in [0.15, 0.2) is 41.5 Å². The monoisotopic (exact) mass is 400 g/mol. The second kappa shape index (κ2) is 12.6. The fraction of sp³-hybridized carbons (Fsp3) is 0.455. The molecule has 2 rings (SSSR count). The molecule has 7 heteroatoms. The Kier molecular flexibility index (Phi) is 9.78. The highest BCUT2D eigenvalue weighted by Gasteiger charge is 2.08. The minimum absolute atomic E-state index is 0.460. The van der Waals surface area contributed by atoms with Gasteiger partial charge in [-0.15, -0.1) is 0 Å². The summed E-state index contributed by atoms with van der Waals surface area (Å²) in [4.78, 5) is 8.61. The number of hydrogen-bond donors (Lipinski definition) is 2. The number of aromatic nitrogens is 1. The molecule has 0 unspecified atom stereocenters. The quantitative estimate of drug-likeness (QED) is 0.343. The van der Waals surface area contributed by atoms with Gasteiger partial charge >= 0.3 is 0 Å². The van der Waals surface area contributed by atoms with Crippen LogP contribution < -0.4 is 20.1 Å². The Morgan fingerprint density at radius 2 is 1.83 bits per heavy atom. The molecule has 1 aromatic heterocycles. The first-order valence-corrected chi connectivity index (χ1v) is 9.90. The molecule has 0 amide bonds. The molecule has 0 radical (unpaired) electrons. The van der Waals surface area contributed by atoms with Crippen LogP contribution in [0, 0.1) is 6.92 Å². The smallest absolute Gasteiger partial charge is 0.218 e. The molecule has 0 aliphatic carbocycles. The van der Waals surface area contributed by atoms with E-state index in [4.69, 9.17) is 14.2 Å². The van der Waals surface area contributed by atoms with E-state index >= 15 is 0 Å². The Hall–Kier alpha value is -2.80.